The molecule has 8 heteroatoms. The van der Waals surface area contributed by atoms with Crippen LogP contribution in [0.4, 0.5) is 5.69 Å². The van der Waals surface area contributed by atoms with Crippen LogP contribution in [0.15, 0.2) is 60.9 Å². The zero-order valence-electron chi connectivity index (χ0n) is 17.0. The second-order valence-electron chi connectivity index (χ2n) is 7.07. The molecule has 0 saturated heterocycles. The summed E-state index contributed by atoms with van der Waals surface area (Å²) >= 11 is 0. The molecular weight excluding hydrogens is 392 g/mol. The Labute approximate surface area is 178 Å². The van der Waals surface area contributed by atoms with E-state index in [0.29, 0.717) is 30.1 Å². The third-order valence-corrected chi connectivity index (χ3v) is 4.89. The molecule has 2 aromatic carbocycles. The highest BCUT2D eigenvalue weighted by molar-refractivity contribution is 6.15. The van der Waals surface area contributed by atoms with Crippen LogP contribution in [-0.4, -0.2) is 38.2 Å². The molecule has 0 aliphatic rings. The molecule has 2 aromatic heterocycles. The largest absolute Gasteiger partial charge is 0.340 e. The van der Waals surface area contributed by atoms with Gasteiger partial charge in [-0.1, -0.05) is 30.3 Å². The average Bonchev–Trinajstić information content (AvgIpc) is 3.42. The van der Waals surface area contributed by atoms with Crippen molar-refractivity contribution in [3.63, 3.8) is 0 Å². The van der Waals surface area contributed by atoms with Gasteiger partial charge in [-0.15, -0.1) is 0 Å². The topological polar surface area (TPSA) is 130 Å². The number of hydrogen-bond acceptors (Lipinski definition) is 5. The number of carbonyl (C=O) groups excluding carboxylic acids is 2. The summed E-state index contributed by atoms with van der Waals surface area (Å²) in [6, 6.07) is 15.0. The first-order valence-electron chi connectivity index (χ1n) is 9.87. The molecule has 8 nitrogen and oxygen atoms in total. The van der Waals surface area contributed by atoms with Gasteiger partial charge < -0.3 is 21.0 Å². The number of nitrogens with two attached hydrogens (primary N) is 1. The van der Waals surface area contributed by atoms with Gasteiger partial charge >= 0.3 is 0 Å². The van der Waals surface area contributed by atoms with Crippen molar-refractivity contribution in [2.75, 3.05) is 11.9 Å². The molecule has 0 saturated carbocycles. The molecule has 2 heterocycles. The van der Waals surface area contributed by atoms with Gasteiger partial charge in [-0.2, -0.15) is 0 Å². The number of para-hydroxylation sites is 3. The number of amides is 1. The Morgan fingerprint density at radius 1 is 1.13 bits per heavy atom. The van der Waals surface area contributed by atoms with Gasteiger partial charge in [0.1, 0.15) is 17.2 Å². The number of rotatable bonds is 7. The Kier molecular flexibility index (Phi) is 5.72. The number of nitrogens with one attached hydrogen (secondary N) is 3. The molecule has 0 aliphatic carbocycles. The standard InChI is InChI=1S/C23H22N6O2/c1-14(22-27-17-8-4-5-9-18(17)28-22)12-19(30)20-21(26-13-25-20)23(31)29-16-7-3-2-6-15(16)10-11-24/h2-9,12-13H,10-11,24H2,1H3,(H,25,26)(H,27,28)(H,29,31)/b14-12-. The molecule has 0 bridgehead atoms. The van der Waals surface area contributed by atoms with Gasteiger partial charge in [0.2, 0.25) is 5.78 Å². The van der Waals surface area contributed by atoms with Gasteiger partial charge in [0.25, 0.3) is 5.91 Å². The van der Waals surface area contributed by atoms with Crippen LogP contribution in [0.3, 0.4) is 0 Å². The number of imidazole rings is 2. The van der Waals surface area contributed by atoms with E-state index in [0.717, 1.165) is 16.6 Å². The first kappa shape index (κ1) is 20.2. The van der Waals surface area contributed by atoms with Gasteiger partial charge in [-0.3, -0.25) is 9.59 Å². The number of fused-ring (bicyclic) bond motifs is 1. The lowest BCUT2D eigenvalue weighted by molar-refractivity contribution is 0.0994. The zero-order valence-corrected chi connectivity index (χ0v) is 17.0. The van der Waals surface area contributed by atoms with E-state index in [1.807, 2.05) is 42.5 Å². The number of aromatic amines is 2. The van der Waals surface area contributed by atoms with Crippen LogP contribution in [0.1, 0.15) is 39.3 Å². The molecule has 0 spiro atoms. The van der Waals surface area contributed by atoms with Crippen LogP contribution in [0, 0.1) is 0 Å². The third kappa shape index (κ3) is 4.29. The molecule has 0 aliphatic heterocycles. The minimum atomic E-state index is -0.444. The summed E-state index contributed by atoms with van der Waals surface area (Å²) in [6.07, 6.45) is 3.38. The van der Waals surface area contributed by atoms with E-state index in [1.165, 1.54) is 12.4 Å². The van der Waals surface area contributed by atoms with Gasteiger partial charge in [-0.25, -0.2) is 9.97 Å². The number of nitrogens with zero attached hydrogens (tertiary/aromatic N) is 2. The van der Waals surface area contributed by atoms with Crippen molar-refractivity contribution in [2.45, 2.75) is 13.3 Å². The molecule has 156 valence electrons. The SMILES string of the molecule is C/C(=C/C(=O)c1nc[nH]c1C(=O)Nc1ccccc1CCN)c1nc2ccccc2[nH]1. The molecule has 5 N–H and O–H groups in total. The van der Waals surface area contributed by atoms with Gasteiger partial charge in [0, 0.05) is 5.69 Å². The van der Waals surface area contributed by atoms with Gasteiger partial charge in [-0.05, 0) is 55.3 Å². The quantitative estimate of drug-likeness (QED) is 0.272. The fourth-order valence-corrected chi connectivity index (χ4v) is 3.33. The summed E-state index contributed by atoms with van der Waals surface area (Å²) in [5.74, 6) is -0.244. The monoisotopic (exact) mass is 414 g/mol. The molecule has 1 amide bonds. The van der Waals surface area contributed by atoms with E-state index in [4.69, 9.17) is 5.73 Å². The lowest BCUT2D eigenvalue weighted by Crippen LogP contribution is -2.18. The summed E-state index contributed by atoms with van der Waals surface area (Å²) in [5.41, 5.74) is 9.71. The maximum Gasteiger partial charge on any atom is 0.274 e. The fraction of sp³-hybridized carbons (Fsp3) is 0.130. The number of anilines is 1. The summed E-state index contributed by atoms with van der Waals surface area (Å²) in [7, 11) is 0. The first-order valence-corrected chi connectivity index (χ1v) is 9.87. The molecule has 4 rings (SSSR count). The van der Waals surface area contributed by atoms with Crippen LogP contribution in [0.25, 0.3) is 16.6 Å². The van der Waals surface area contributed by atoms with Crippen LogP contribution in [0.2, 0.25) is 0 Å². The number of H-pyrrole nitrogens is 2. The van der Waals surface area contributed by atoms with Crippen molar-refractivity contribution in [3.8, 4) is 0 Å². The normalized spacial score (nSPS) is 11.6. The van der Waals surface area contributed by atoms with Crippen molar-refractivity contribution in [2.24, 2.45) is 5.73 Å². The highest BCUT2D eigenvalue weighted by Gasteiger charge is 2.20. The Morgan fingerprint density at radius 3 is 2.71 bits per heavy atom. The van der Waals surface area contributed by atoms with Crippen LogP contribution < -0.4 is 11.1 Å². The van der Waals surface area contributed by atoms with E-state index < -0.39 is 5.91 Å². The predicted molar refractivity (Wildman–Crippen MR) is 120 cm³/mol. The molecule has 31 heavy (non-hydrogen) atoms. The van der Waals surface area contributed by atoms with Gasteiger partial charge in [0.15, 0.2) is 0 Å². The second-order valence-corrected chi connectivity index (χ2v) is 7.07. The molecule has 0 fully saturated rings. The van der Waals surface area contributed by atoms with Crippen molar-refractivity contribution < 1.29 is 9.59 Å². The minimum Gasteiger partial charge on any atom is -0.340 e. The number of aromatic nitrogens is 4. The molecular formula is C23H22N6O2. The zero-order chi connectivity index (χ0) is 21.8. The number of ketones is 1. The Morgan fingerprint density at radius 2 is 1.90 bits per heavy atom. The Balaban J connectivity index is 1.56. The van der Waals surface area contributed by atoms with Crippen LogP contribution >= 0.6 is 0 Å². The smallest absolute Gasteiger partial charge is 0.274 e. The van der Waals surface area contributed by atoms with Crippen molar-refractivity contribution in [1.29, 1.82) is 0 Å². The lowest BCUT2D eigenvalue weighted by Gasteiger charge is -2.10. The second kappa shape index (κ2) is 8.76. The average molecular weight is 414 g/mol. The summed E-state index contributed by atoms with van der Waals surface area (Å²) in [6.45, 7) is 2.25. The van der Waals surface area contributed by atoms with Crippen LogP contribution in [0.5, 0.6) is 0 Å². The number of hydrogen-bond donors (Lipinski definition) is 4. The fourth-order valence-electron chi connectivity index (χ4n) is 3.33. The molecule has 0 atom stereocenters. The van der Waals surface area contributed by atoms with E-state index in [2.05, 4.69) is 25.3 Å². The molecule has 4 aromatic rings. The highest BCUT2D eigenvalue weighted by atomic mass is 16.2. The summed E-state index contributed by atoms with van der Waals surface area (Å²) in [5, 5.41) is 2.84. The van der Waals surface area contributed by atoms with Crippen molar-refractivity contribution in [3.05, 3.63) is 83.7 Å². The minimum absolute atomic E-state index is 0.0456. The first-order chi connectivity index (χ1) is 15.1. The summed E-state index contributed by atoms with van der Waals surface area (Å²) < 4.78 is 0. The maximum atomic E-state index is 12.9. The summed E-state index contributed by atoms with van der Waals surface area (Å²) in [4.78, 5) is 40.2. The van der Waals surface area contributed by atoms with Crippen molar-refractivity contribution >= 4 is 34.0 Å². The molecule has 0 radical (unpaired) electrons. The molecule has 0 unspecified atom stereocenters. The number of allylic oxidation sites excluding steroid dienone is 2. The van der Waals surface area contributed by atoms with E-state index >= 15 is 0 Å². The van der Waals surface area contributed by atoms with E-state index in [-0.39, 0.29) is 17.2 Å². The van der Waals surface area contributed by atoms with E-state index in [9.17, 15) is 9.59 Å². The number of benzene rings is 2. The van der Waals surface area contributed by atoms with Crippen molar-refractivity contribution in [1.82, 2.24) is 19.9 Å². The van der Waals surface area contributed by atoms with Gasteiger partial charge in [0.05, 0.1) is 17.4 Å². The Hall–Kier alpha value is -4.04. The van der Waals surface area contributed by atoms with Crippen LogP contribution in [-0.2, 0) is 6.42 Å². The highest BCUT2D eigenvalue weighted by Crippen LogP contribution is 2.19. The third-order valence-electron chi connectivity index (χ3n) is 4.89. The maximum absolute atomic E-state index is 12.9. The predicted octanol–water partition coefficient (Wildman–Crippen LogP) is 3.33. The van der Waals surface area contributed by atoms with E-state index in [1.54, 1.807) is 13.0 Å². The number of carbonyl (C=O) groups is 2. The lowest BCUT2D eigenvalue weighted by atomic mass is 10.1. The Bertz CT molecular complexity index is 1250.